The molecule has 1 saturated heterocycles. The van der Waals surface area contributed by atoms with Gasteiger partial charge in [-0.3, -0.25) is 0 Å². The summed E-state index contributed by atoms with van der Waals surface area (Å²) in [5, 5.41) is 10.0. The van der Waals surface area contributed by atoms with E-state index >= 15 is 0 Å². The lowest BCUT2D eigenvalue weighted by molar-refractivity contribution is 0.315. The summed E-state index contributed by atoms with van der Waals surface area (Å²) in [6.07, 6.45) is 3.31. The van der Waals surface area contributed by atoms with Gasteiger partial charge in [0.1, 0.15) is 11.6 Å². The maximum atomic E-state index is 10.0. The summed E-state index contributed by atoms with van der Waals surface area (Å²) < 4.78 is 6.37. The number of nitrogens with zero attached hydrogens (tertiary/aromatic N) is 4. The van der Waals surface area contributed by atoms with Crippen LogP contribution >= 0.6 is 0 Å². The van der Waals surface area contributed by atoms with E-state index in [1.54, 1.807) is 0 Å². The zero-order valence-corrected chi connectivity index (χ0v) is 17.8. The second-order valence-corrected chi connectivity index (χ2v) is 8.82. The maximum absolute atomic E-state index is 10.0. The highest BCUT2D eigenvalue weighted by atomic mass is 16.4. The third kappa shape index (κ3) is 3.01. The highest BCUT2D eigenvalue weighted by molar-refractivity contribution is 6.02. The van der Waals surface area contributed by atoms with Crippen molar-refractivity contribution in [2.24, 2.45) is 0 Å². The number of benzene rings is 2. The smallest absolute Gasteiger partial charge is 0.198 e. The Hall–Kier alpha value is -3.04. The van der Waals surface area contributed by atoms with Crippen molar-refractivity contribution in [1.29, 1.82) is 5.26 Å². The van der Waals surface area contributed by atoms with Crippen molar-refractivity contribution in [3.05, 3.63) is 41.3 Å². The lowest BCUT2D eigenvalue weighted by Gasteiger charge is -2.25. The Morgan fingerprint density at radius 3 is 2.70 bits per heavy atom. The summed E-state index contributed by atoms with van der Waals surface area (Å²) in [4.78, 5) is 9.48. The number of nitrogen functional groups attached to an aromatic ring is 1. The van der Waals surface area contributed by atoms with Crippen molar-refractivity contribution < 1.29 is 4.42 Å². The highest BCUT2D eigenvalue weighted by Gasteiger charge is 2.34. The van der Waals surface area contributed by atoms with Gasteiger partial charge in [0, 0.05) is 36.3 Å². The SMILES string of the molecule is Cc1c(-c2cccc(N)c2)c(N2CCC(N(C)C)C2)c2oc(C3CC3)nc2c1C#N. The van der Waals surface area contributed by atoms with Gasteiger partial charge in [-0.1, -0.05) is 12.1 Å². The van der Waals surface area contributed by atoms with E-state index in [9.17, 15) is 5.26 Å². The van der Waals surface area contributed by atoms with E-state index < -0.39 is 0 Å². The molecule has 2 fully saturated rings. The number of rotatable bonds is 4. The zero-order valence-electron chi connectivity index (χ0n) is 17.8. The van der Waals surface area contributed by atoms with Crippen LogP contribution in [0.1, 0.15) is 42.2 Å². The second-order valence-electron chi connectivity index (χ2n) is 8.82. The number of likely N-dealkylation sites (N-methyl/N-ethyl adjacent to an activating group) is 1. The second kappa shape index (κ2) is 7.03. The predicted molar refractivity (Wildman–Crippen MR) is 120 cm³/mol. The molecule has 1 aliphatic carbocycles. The van der Waals surface area contributed by atoms with Crippen LogP contribution in [-0.2, 0) is 0 Å². The number of nitriles is 1. The molecule has 1 saturated carbocycles. The Bertz CT molecular complexity index is 1170. The zero-order chi connectivity index (χ0) is 21.0. The molecule has 154 valence electrons. The van der Waals surface area contributed by atoms with Crippen LogP contribution in [0, 0.1) is 18.3 Å². The van der Waals surface area contributed by atoms with Crippen LogP contribution < -0.4 is 10.6 Å². The first-order valence-corrected chi connectivity index (χ1v) is 10.6. The third-order valence-electron chi connectivity index (χ3n) is 6.51. The first-order valence-electron chi connectivity index (χ1n) is 10.6. The molecular weight excluding hydrogens is 374 g/mol. The van der Waals surface area contributed by atoms with Crippen LogP contribution in [0.4, 0.5) is 11.4 Å². The Morgan fingerprint density at radius 1 is 1.27 bits per heavy atom. The number of fused-ring (bicyclic) bond motifs is 1. The molecule has 1 aliphatic heterocycles. The first-order chi connectivity index (χ1) is 14.5. The van der Waals surface area contributed by atoms with Crippen LogP contribution in [0.25, 0.3) is 22.2 Å². The third-order valence-corrected chi connectivity index (χ3v) is 6.51. The maximum Gasteiger partial charge on any atom is 0.198 e. The molecular formula is C24H27N5O. The van der Waals surface area contributed by atoms with E-state index in [1.165, 1.54) is 0 Å². The van der Waals surface area contributed by atoms with Gasteiger partial charge in [-0.15, -0.1) is 0 Å². The van der Waals surface area contributed by atoms with Crippen LogP contribution in [0.5, 0.6) is 0 Å². The molecule has 0 bridgehead atoms. The standard InChI is InChI=1S/C24H27N5O/c1-14-19(12-25)21-23(30-24(27-21)15-7-8-15)22(29-10-9-18(13-29)28(2)3)20(14)16-5-4-6-17(26)11-16/h4-6,11,15,18H,7-10,13,26H2,1-3H3. The van der Waals surface area contributed by atoms with Gasteiger partial charge < -0.3 is 20.0 Å². The molecule has 0 amide bonds. The van der Waals surface area contributed by atoms with E-state index in [0.717, 1.165) is 66.2 Å². The summed E-state index contributed by atoms with van der Waals surface area (Å²) in [6, 6.07) is 10.8. The van der Waals surface area contributed by atoms with Crippen molar-refractivity contribution in [2.75, 3.05) is 37.8 Å². The van der Waals surface area contributed by atoms with E-state index in [4.69, 9.17) is 15.1 Å². The Balaban J connectivity index is 1.80. The molecule has 30 heavy (non-hydrogen) atoms. The molecule has 6 nitrogen and oxygen atoms in total. The van der Waals surface area contributed by atoms with Gasteiger partial charge in [0.15, 0.2) is 11.5 Å². The van der Waals surface area contributed by atoms with Crippen LogP contribution in [0.2, 0.25) is 0 Å². The summed E-state index contributed by atoms with van der Waals surface area (Å²) in [6.45, 7) is 3.88. The first kappa shape index (κ1) is 19.0. The summed E-state index contributed by atoms with van der Waals surface area (Å²) in [5.41, 5.74) is 12.9. The van der Waals surface area contributed by atoms with Crippen molar-refractivity contribution >= 4 is 22.5 Å². The van der Waals surface area contributed by atoms with Gasteiger partial charge in [-0.25, -0.2) is 4.98 Å². The number of anilines is 2. The van der Waals surface area contributed by atoms with E-state index in [0.29, 0.717) is 28.7 Å². The van der Waals surface area contributed by atoms with Crippen molar-refractivity contribution in [1.82, 2.24) is 9.88 Å². The van der Waals surface area contributed by atoms with Gasteiger partial charge in [0.2, 0.25) is 0 Å². The van der Waals surface area contributed by atoms with Crippen LogP contribution in [0.15, 0.2) is 28.7 Å². The molecule has 2 N–H and O–H groups in total. The van der Waals surface area contributed by atoms with Gasteiger partial charge in [-0.2, -0.15) is 5.26 Å². The van der Waals surface area contributed by atoms with Gasteiger partial charge in [0.25, 0.3) is 0 Å². The molecule has 1 atom stereocenters. The quantitative estimate of drug-likeness (QED) is 0.657. The van der Waals surface area contributed by atoms with Crippen molar-refractivity contribution in [3.8, 4) is 17.2 Å². The molecule has 1 unspecified atom stereocenters. The molecule has 5 rings (SSSR count). The topological polar surface area (TPSA) is 82.3 Å². The average Bonchev–Trinajstić information content (AvgIpc) is 3.28. The summed E-state index contributed by atoms with van der Waals surface area (Å²) in [5.74, 6) is 1.16. The van der Waals surface area contributed by atoms with Gasteiger partial charge >= 0.3 is 0 Å². The minimum Gasteiger partial charge on any atom is -0.438 e. The van der Waals surface area contributed by atoms with Crippen LogP contribution in [-0.4, -0.2) is 43.1 Å². The van der Waals surface area contributed by atoms with Gasteiger partial charge in [-0.05, 0) is 63.5 Å². The molecule has 0 radical (unpaired) electrons. The lowest BCUT2D eigenvalue weighted by atomic mass is 9.93. The van der Waals surface area contributed by atoms with Crippen LogP contribution in [0.3, 0.4) is 0 Å². The molecule has 2 aromatic carbocycles. The van der Waals surface area contributed by atoms with Gasteiger partial charge in [0.05, 0.1) is 11.3 Å². The fraction of sp³-hybridized carbons (Fsp3) is 0.417. The number of hydrogen-bond donors (Lipinski definition) is 1. The normalized spacial score (nSPS) is 19.0. The molecule has 3 aromatic rings. The average molecular weight is 402 g/mol. The van der Waals surface area contributed by atoms with Crippen molar-refractivity contribution in [2.45, 2.75) is 38.1 Å². The fourth-order valence-electron chi connectivity index (χ4n) is 4.62. The molecule has 6 heteroatoms. The molecule has 2 aliphatic rings. The Kier molecular flexibility index (Phi) is 4.44. The van der Waals surface area contributed by atoms with E-state index in [1.807, 2.05) is 25.1 Å². The fourth-order valence-corrected chi connectivity index (χ4v) is 4.62. The number of oxazole rings is 1. The molecule has 1 aromatic heterocycles. The summed E-state index contributed by atoms with van der Waals surface area (Å²) >= 11 is 0. The number of hydrogen-bond acceptors (Lipinski definition) is 6. The monoisotopic (exact) mass is 401 g/mol. The highest BCUT2D eigenvalue weighted by Crippen LogP contribution is 2.47. The predicted octanol–water partition coefficient (Wildman–Crippen LogP) is 4.27. The minimum atomic E-state index is 0.390. The number of nitrogens with two attached hydrogens (primary N) is 1. The Morgan fingerprint density at radius 2 is 2.07 bits per heavy atom. The number of aromatic nitrogens is 1. The van der Waals surface area contributed by atoms with E-state index in [2.05, 4.69) is 36.0 Å². The molecule has 2 heterocycles. The lowest BCUT2D eigenvalue weighted by Crippen LogP contribution is -2.31. The molecule has 0 spiro atoms. The largest absolute Gasteiger partial charge is 0.438 e. The summed E-state index contributed by atoms with van der Waals surface area (Å²) in [7, 11) is 4.26. The van der Waals surface area contributed by atoms with Crippen molar-refractivity contribution in [3.63, 3.8) is 0 Å². The minimum absolute atomic E-state index is 0.390. The Labute approximate surface area is 176 Å². The van der Waals surface area contributed by atoms with E-state index in [-0.39, 0.29) is 0 Å².